The zero-order chi connectivity index (χ0) is 19.3. The predicted octanol–water partition coefficient (Wildman–Crippen LogP) is 3.25. The van der Waals surface area contributed by atoms with Gasteiger partial charge in [0.25, 0.3) is 5.91 Å². The third kappa shape index (κ3) is 5.05. The minimum absolute atomic E-state index is 0.0319. The molecule has 2 aromatic rings. The van der Waals surface area contributed by atoms with Crippen LogP contribution in [-0.4, -0.2) is 37.3 Å². The molecular formula is C18H23ClN4O3. The smallest absolute Gasteiger partial charge is 0.303 e. The second-order valence-corrected chi connectivity index (χ2v) is 7.10. The van der Waals surface area contributed by atoms with Crippen LogP contribution in [0.3, 0.4) is 0 Å². The Labute approximate surface area is 157 Å². The summed E-state index contributed by atoms with van der Waals surface area (Å²) in [7, 11) is 0. The summed E-state index contributed by atoms with van der Waals surface area (Å²) >= 11 is 6.25. The number of hydrogen-bond acceptors (Lipinski definition) is 4. The summed E-state index contributed by atoms with van der Waals surface area (Å²) in [4.78, 5) is 27.7. The fourth-order valence-electron chi connectivity index (χ4n) is 2.49. The van der Waals surface area contributed by atoms with Gasteiger partial charge in [0.2, 0.25) is 5.82 Å². The molecule has 0 bridgehead atoms. The Balaban J connectivity index is 2.27. The van der Waals surface area contributed by atoms with Crippen molar-refractivity contribution in [3.63, 3.8) is 0 Å². The number of aromatic nitrogens is 3. The maximum atomic E-state index is 12.6. The summed E-state index contributed by atoms with van der Waals surface area (Å²) < 4.78 is 1.59. The molecule has 1 aromatic heterocycles. The quantitative estimate of drug-likeness (QED) is 0.734. The average Bonchev–Trinajstić information content (AvgIpc) is 2.97. The third-order valence-electron chi connectivity index (χ3n) is 3.85. The maximum absolute atomic E-state index is 12.6. The molecule has 1 amide bonds. The molecule has 1 aromatic carbocycles. The van der Waals surface area contributed by atoms with Gasteiger partial charge in [-0.05, 0) is 38.8 Å². The van der Waals surface area contributed by atoms with Crippen LogP contribution in [0.4, 0.5) is 0 Å². The number of amides is 1. The van der Waals surface area contributed by atoms with Crippen LogP contribution in [0, 0.1) is 0 Å². The van der Waals surface area contributed by atoms with Crippen molar-refractivity contribution in [1.82, 2.24) is 20.1 Å². The first kappa shape index (κ1) is 19.9. The van der Waals surface area contributed by atoms with Gasteiger partial charge in [-0.15, -0.1) is 5.10 Å². The number of para-hydroxylation sites is 1. The molecule has 0 spiro atoms. The molecule has 8 heteroatoms. The average molecular weight is 379 g/mol. The number of carboxylic acid groups (broad SMARTS) is 1. The van der Waals surface area contributed by atoms with Crippen molar-refractivity contribution in [3.05, 3.63) is 40.9 Å². The van der Waals surface area contributed by atoms with E-state index in [1.807, 2.05) is 25.1 Å². The number of hydrogen-bond donors (Lipinski definition) is 2. The van der Waals surface area contributed by atoms with Crippen molar-refractivity contribution in [1.29, 1.82) is 0 Å². The first-order chi connectivity index (χ1) is 12.2. The van der Waals surface area contributed by atoms with E-state index < -0.39 is 17.4 Å². The SMILES string of the molecule is CCCc1nc(C(=O)NC(C)(C)CCC(=O)O)nn1-c1ccccc1Cl. The molecule has 0 aliphatic heterocycles. The molecule has 0 saturated heterocycles. The number of carbonyl (C=O) groups is 2. The molecule has 0 saturated carbocycles. The van der Waals surface area contributed by atoms with Crippen LogP contribution in [-0.2, 0) is 11.2 Å². The van der Waals surface area contributed by atoms with Crippen molar-refractivity contribution in [3.8, 4) is 5.69 Å². The maximum Gasteiger partial charge on any atom is 0.303 e. The molecule has 0 fully saturated rings. The van der Waals surface area contributed by atoms with Crippen LogP contribution < -0.4 is 5.32 Å². The zero-order valence-corrected chi connectivity index (χ0v) is 15.9. The van der Waals surface area contributed by atoms with Gasteiger partial charge in [-0.1, -0.05) is 30.7 Å². The molecule has 0 atom stereocenters. The summed E-state index contributed by atoms with van der Waals surface area (Å²) in [6.07, 6.45) is 1.76. The second-order valence-electron chi connectivity index (χ2n) is 6.70. The Bertz CT molecular complexity index is 801. The molecule has 2 rings (SSSR count). The number of rotatable bonds is 8. The van der Waals surface area contributed by atoms with Gasteiger partial charge in [0, 0.05) is 18.4 Å². The lowest BCUT2D eigenvalue weighted by Crippen LogP contribution is -2.44. The van der Waals surface area contributed by atoms with Gasteiger partial charge >= 0.3 is 5.97 Å². The topological polar surface area (TPSA) is 97.1 Å². The molecule has 2 N–H and O–H groups in total. The Morgan fingerprint density at radius 3 is 2.62 bits per heavy atom. The normalized spacial score (nSPS) is 11.4. The lowest BCUT2D eigenvalue weighted by atomic mass is 9.98. The van der Waals surface area contributed by atoms with Crippen LogP contribution in [0.5, 0.6) is 0 Å². The number of nitrogens with one attached hydrogen (secondary N) is 1. The van der Waals surface area contributed by atoms with Crippen molar-refractivity contribution in [2.24, 2.45) is 0 Å². The largest absolute Gasteiger partial charge is 0.481 e. The first-order valence-corrected chi connectivity index (χ1v) is 8.86. The fraction of sp³-hybridized carbons (Fsp3) is 0.444. The van der Waals surface area contributed by atoms with Gasteiger partial charge < -0.3 is 10.4 Å². The molecule has 0 unspecified atom stereocenters. The highest BCUT2D eigenvalue weighted by atomic mass is 35.5. The summed E-state index contributed by atoms with van der Waals surface area (Å²) in [5, 5.41) is 16.5. The van der Waals surface area contributed by atoms with Gasteiger partial charge in [-0.3, -0.25) is 9.59 Å². The molecule has 140 valence electrons. The van der Waals surface area contributed by atoms with Gasteiger partial charge in [-0.2, -0.15) is 0 Å². The number of carbonyl (C=O) groups excluding carboxylic acids is 1. The number of aryl methyl sites for hydroxylation is 1. The third-order valence-corrected chi connectivity index (χ3v) is 4.17. The molecule has 0 aliphatic rings. The van der Waals surface area contributed by atoms with Gasteiger partial charge in [0.15, 0.2) is 0 Å². The summed E-state index contributed by atoms with van der Waals surface area (Å²) in [5.74, 6) is -0.659. The van der Waals surface area contributed by atoms with Gasteiger partial charge in [0.05, 0.1) is 10.7 Å². The van der Waals surface area contributed by atoms with Crippen LogP contribution in [0.15, 0.2) is 24.3 Å². The molecule has 7 nitrogen and oxygen atoms in total. The highest BCUT2D eigenvalue weighted by molar-refractivity contribution is 6.32. The number of aliphatic carboxylic acids is 1. The van der Waals surface area contributed by atoms with E-state index in [4.69, 9.17) is 16.7 Å². The van der Waals surface area contributed by atoms with E-state index in [2.05, 4.69) is 15.4 Å². The monoisotopic (exact) mass is 378 g/mol. The molecule has 0 aliphatic carbocycles. The minimum atomic E-state index is -0.904. The Morgan fingerprint density at radius 1 is 1.31 bits per heavy atom. The standard InChI is InChI=1S/C18H23ClN4O3/c1-4-7-14-20-16(17(26)21-18(2,3)11-10-15(24)25)22-23(14)13-9-6-5-8-12(13)19/h5-6,8-9H,4,7,10-11H2,1-3H3,(H,21,26)(H,24,25). The summed E-state index contributed by atoms with van der Waals surface area (Å²) in [6.45, 7) is 5.55. The first-order valence-electron chi connectivity index (χ1n) is 8.48. The number of halogens is 1. The van der Waals surface area contributed by atoms with Crippen molar-refractivity contribution < 1.29 is 14.7 Å². The Hall–Kier alpha value is -2.41. The Morgan fingerprint density at radius 2 is 2.00 bits per heavy atom. The van der Waals surface area contributed by atoms with Crippen LogP contribution in [0.2, 0.25) is 5.02 Å². The summed E-state index contributed by atoms with van der Waals surface area (Å²) in [6, 6.07) is 7.23. The van der Waals surface area contributed by atoms with E-state index >= 15 is 0 Å². The number of carboxylic acids is 1. The van der Waals surface area contributed by atoms with Crippen molar-refractivity contribution >= 4 is 23.5 Å². The van der Waals surface area contributed by atoms with Crippen molar-refractivity contribution in [2.75, 3.05) is 0 Å². The van der Waals surface area contributed by atoms with Crippen LogP contribution in [0.1, 0.15) is 56.5 Å². The van der Waals surface area contributed by atoms with E-state index in [0.717, 1.165) is 6.42 Å². The molecular weight excluding hydrogens is 356 g/mol. The fourth-order valence-corrected chi connectivity index (χ4v) is 2.70. The van der Waals surface area contributed by atoms with E-state index in [1.54, 1.807) is 24.6 Å². The van der Waals surface area contributed by atoms with Crippen LogP contribution in [0.25, 0.3) is 5.69 Å². The number of nitrogens with zero attached hydrogens (tertiary/aromatic N) is 3. The van der Waals surface area contributed by atoms with E-state index in [0.29, 0.717) is 29.4 Å². The van der Waals surface area contributed by atoms with Gasteiger partial charge in [-0.25, -0.2) is 9.67 Å². The molecule has 1 heterocycles. The number of benzene rings is 1. The van der Waals surface area contributed by atoms with E-state index in [1.165, 1.54) is 0 Å². The van der Waals surface area contributed by atoms with Gasteiger partial charge in [0.1, 0.15) is 5.82 Å². The summed E-state index contributed by atoms with van der Waals surface area (Å²) in [5.41, 5.74) is -0.0229. The predicted molar refractivity (Wildman–Crippen MR) is 98.8 cm³/mol. The van der Waals surface area contributed by atoms with E-state index in [-0.39, 0.29) is 12.2 Å². The minimum Gasteiger partial charge on any atom is -0.481 e. The zero-order valence-electron chi connectivity index (χ0n) is 15.1. The lowest BCUT2D eigenvalue weighted by molar-refractivity contribution is -0.137. The highest BCUT2D eigenvalue weighted by Crippen LogP contribution is 2.21. The van der Waals surface area contributed by atoms with Crippen molar-refractivity contribution in [2.45, 2.75) is 52.0 Å². The molecule has 0 radical (unpaired) electrons. The lowest BCUT2D eigenvalue weighted by Gasteiger charge is -2.24. The van der Waals surface area contributed by atoms with Crippen LogP contribution >= 0.6 is 11.6 Å². The van der Waals surface area contributed by atoms with E-state index in [9.17, 15) is 9.59 Å². The Kier molecular flexibility index (Phi) is 6.37. The molecule has 26 heavy (non-hydrogen) atoms. The second kappa shape index (κ2) is 8.31. The highest BCUT2D eigenvalue weighted by Gasteiger charge is 2.25.